The lowest BCUT2D eigenvalue weighted by atomic mass is 10.2. The second kappa shape index (κ2) is 4.42. The lowest BCUT2D eigenvalue weighted by Crippen LogP contribution is -2.04. The molecule has 5 heteroatoms. The van der Waals surface area contributed by atoms with Crippen molar-refractivity contribution in [3.63, 3.8) is 0 Å². The van der Waals surface area contributed by atoms with Crippen LogP contribution in [0, 0.1) is 11.3 Å². The van der Waals surface area contributed by atoms with E-state index in [1.807, 2.05) is 22.8 Å². The van der Waals surface area contributed by atoms with Gasteiger partial charge in [0.25, 0.3) is 0 Å². The molecular weight excluding hydrogens is 238 g/mol. The maximum Gasteiger partial charge on any atom is 0.201 e. The Morgan fingerprint density at radius 1 is 1.21 bits per heavy atom. The predicted octanol–water partition coefficient (Wildman–Crippen LogP) is 1.93. The summed E-state index contributed by atoms with van der Waals surface area (Å²) in [4.78, 5) is 8.29. The third kappa shape index (κ3) is 2.00. The molecule has 3 rings (SSSR count). The predicted molar refractivity (Wildman–Crippen MR) is 72.2 cm³/mol. The first-order chi connectivity index (χ1) is 9.28. The minimum Gasteiger partial charge on any atom is -0.369 e. The number of benzene rings is 1. The summed E-state index contributed by atoms with van der Waals surface area (Å²) in [6, 6.07) is 11.3. The van der Waals surface area contributed by atoms with Gasteiger partial charge < -0.3 is 10.3 Å². The van der Waals surface area contributed by atoms with E-state index >= 15 is 0 Å². The minimum absolute atomic E-state index is 0.446. The molecule has 19 heavy (non-hydrogen) atoms. The Bertz CT molecular complexity index is 768. The van der Waals surface area contributed by atoms with Crippen molar-refractivity contribution in [2.75, 3.05) is 5.73 Å². The molecule has 0 saturated heterocycles. The summed E-state index contributed by atoms with van der Waals surface area (Å²) in [6.07, 6.45) is 3.48. The summed E-state index contributed by atoms with van der Waals surface area (Å²) < 4.78 is 1.89. The Kier molecular flexibility index (Phi) is 2.62. The average Bonchev–Trinajstić information content (AvgIpc) is 2.76. The van der Waals surface area contributed by atoms with E-state index in [0.717, 1.165) is 16.6 Å². The third-order valence-electron chi connectivity index (χ3n) is 3.00. The van der Waals surface area contributed by atoms with Crippen LogP contribution in [0.15, 0.2) is 42.7 Å². The van der Waals surface area contributed by atoms with Crippen LogP contribution in [-0.4, -0.2) is 14.5 Å². The molecule has 0 spiro atoms. The smallest absolute Gasteiger partial charge is 0.201 e. The summed E-state index contributed by atoms with van der Waals surface area (Å²) in [5.41, 5.74) is 9.30. The van der Waals surface area contributed by atoms with Gasteiger partial charge in [-0.25, -0.2) is 4.98 Å². The number of pyridine rings is 1. The zero-order valence-corrected chi connectivity index (χ0v) is 10.1. The summed E-state index contributed by atoms with van der Waals surface area (Å²) in [5, 5.41) is 8.97. The Morgan fingerprint density at radius 3 is 2.74 bits per heavy atom. The Labute approximate surface area is 109 Å². The van der Waals surface area contributed by atoms with Gasteiger partial charge in [0.1, 0.15) is 0 Å². The van der Waals surface area contributed by atoms with Gasteiger partial charge in [0, 0.05) is 12.4 Å². The van der Waals surface area contributed by atoms with Crippen molar-refractivity contribution in [3.8, 4) is 6.07 Å². The Balaban J connectivity index is 2.12. The molecule has 0 aliphatic heterocycles. The zero-order valence-electron chi connectivity index (χ0n) is 10.1. The van der Waals surface area contributed by atoms with Gasteiger partial charge in [-0.1, -0.05) is 0 Å². The average molecular weight is 249 g/mol. The van der Waals surface area contributed by atoms with Crippen molar-refractivity contribution in [2.24, 2.45) is 0 Å². The largest absolute Gasteiger partial charge is 0.369 e. The number of nitrogens with zero attached hydrogens (tertiary/aromatic N) is 4. The molecule has 0 unspecified atom stereocenters. The first-order valence-electron chi connectivity index (χ1n) is 5.82. The highest BCUT2D eigenvalue weighted by atomic mass is 15.1. The summed E-state index contributed by atoms with van der Waals surface area (Å²) in [7, 11) is 0. The molecule has 0 aliphatic rings. The van der Waals surface area contributed by atoms with Gasteiger partial charge in [-0.2, -0.15) is 5.26 Å². The van der Waals surface area contributed by atoms with Crippen molar-refractivity contribution in [1.29, 1.82) is 5.26 Å². The number of fused-ring (bicyclic) bond motifs is 1. The van der Waals surface area contributed by atoms with Gasteiger partial charge >= 0.3 is 0 Å². The quantitative estimate of drug-likeness (QED) is 0.752. The molecule has 2 N–H and O–H groups in total. The van der Waals surface area contributed by atoms with E-state index in [0.29, 0.717) is 18.1 Å². The summed E-state index contributed by atoms with van der Waals surface area (Å²) in [6.45, 7) is 0.611. The lowest BCUT2D eigenvalue weighted by molar-refractivity contribution is 0.836. The molecular formula is C14H11N5. The van der Waals surface area contributed by atoms with Crippen LogP contribution >= 0.6 is 0 Å². The molecule has 92 valence electrons. The van der Waals surface area contributed by atoms with E-state index in [2.05, 4.69) is 16.0 Å². The number of hydrogen-bond donors (Lipinski definition) is 1. The maximum atomic E-state index is 8.97. The number of imidazole rings is 1. The summed E-state index contributed by atoms with van der Waals surface area (Å²) >= 11 is 0. The highest BCUT2D eigenvalue weighted by Crippen LogP contribution is 2.20. The van der Waals surface area contributed by atoms with E-state index in [1.54, 1.807) is 24.5 Å². The van der Waals surface area contributed by atoms with Crippen LogP contribution in [0.5, 0.6) is 0 Å². The molecule has 3 aromatic rings. The fourth-order valence-corrected chi connectivity index (χ4v) is 2.05. The molecule has 0 amide bonds. The lowest BCUT2D eigenvalue weighted by Gasteiger charge is -2.06. The normalized spacial score (nSPS) is 10.5. The Morgan fingerprint density at radius 2 is 2.00 bits per heavy atom. The zero-order chi connectivity index (χ0) is 13.2. The molecule has 5 nitrogen and oxygen atoms in total. The number of nitrogen functional groups attached to an aromatic ring is 1. The van der Waals surface area contributed by atoms with Crippen LogP contribution in [-0.2, 0) is 6.54 Å². The van der Waals surface area contributed by atoms with E-state index in [-0.39, 0.29) is 0 Å². The first-order valence-corrected chi connectivity index (χ1v) is 5.82. The van der Waals surface area contributed by atoms with E-state index < -0.39 is 0 Å². The number of rotatable bonds is 2. The number of nitrogens with two attached hydrogens (primary N) is 1. The van der Waals surface area contributed by atoms with E-state index in [4.69, 9.17) is 11.0 Å². The third-order valence-corrected chi connectivity index (χ3v) is 3.00. The molecule has 2 heterocycles. The van der Waals surface area contributed by atoms with Crippen LogP contribution in [0.1, 0.15) is 11.1 Å². The van der Waals surface area contributed by atoms with Gasteiger partial charge in [-0.3, -0.25) is 4.98 Å². The number of aromatic nitrogens is 3. The van der Waals surface area contributed by atoms with Crippen LogP contribution in [0.2, 0.25) is 0 Å². The van der Waals surface area contributed by atoms with Crippen LogP contribution in [0.3, 0.4) is 0 Å². The van der Waals surface area contributed by atoms with Crippen molar-refractivity contribution in [2.45, 2.75) is 6.54 Å². The number of nitriles is 1. The fraction of sp³-hybridized carbons (Fsp3) is 0.0714. The molecule has 0 fully saturated rings. The fourth-order valence-electron chi connectivity index (χ4n) is 2.05. The molecule has 0 radical (unpaired) electrons. The SMILES string of the molecule is N#Cc1ccc2nc(N)n(Cc3ccncc3)c2c1. The molecule has 0 aliphatic carbocycles. The standard InChI is InChI=1S/C14H11N5/c15-8-11-1-2-12-13(7-11)19(14(16)18-12)9-10-3-5-17-6-4-10/h1-7H,9H2,(H2,16,18). The van der Waals surface area contributed by atoms with Crippen molar-refractivity contribution < 1.29 is 0 Å². The van der Waals surface area contributed by atoms with Crippen molar-refractivity contribution >= 4 is 17.0 Å². The monoisotopic (exact) mass is 249 g/mol. The van der Waals surface area contributed by atoms with Gasteiger partial charge in [0.15, 0.2) is 0 Å². The highest BCUT2D eigenvalue weighted by Gasteiger charge is 2.09. The van der Waals surface area contributed by atoms with E-state index in [9.17, 15) is 0 Å². The van der Waals surface area contributed by atoms with Crippen LogP contribution in [0.4, 0.5) is 5.95 Å². The molecule has 0 bridgehead atoms. The van der Waals surface area contributed by atoms with Crippen LogP contribution in [0.25, 0.3) is 11.0 Å². The number of anilines is 1. The Hall–Kier alpha value is -2.87. The molecule has 2 aromatic heterocycles. The second-order valence-electron chi connectivity index (χ2n) is 4.23. The highest BCUT2D eigenvalue weighted by molar-refractivity contribution is 5.80. The van der Waals surface area contributed by atoms with Gasteiger partial charge in [-0.15, -0.1) is 0 Å². The van der Waals surface area contributed by atoms with Gasteiger partial charge in [0.2, 0.25) is 5.95 Å². The van der Waals surface area contributed by atoms with Crippen molar-refractivity contribution in [3.05, 3.63) is 53.9 Å². The van der Waals surface area contributed by atoms with Crippen LogP contribution < -0.4 is 5.73 Å². The second-order valence-corrected chi connectivity index (χ2v) is 4.23. The molecule has 0 saturated carbocycles. The maximum absolute atomic E-state index is 8.97. The molecule has 1 aromatic carbocycles. The van der Waals surface area contributed by atoms with Gasteiger partial charge in [-0.05, 0) is 35.9 Å². The van der Waals surface area contributed by atoms with Crippen molar-refractivity contribution in [1.82, 2.24) is 14.5 Å². The number of hydrogen-bond acceptors (Lipinski definition) is 4. The minimum atomic E-state index is 0.446. The molecule has 0 atom stereocenters. The topological polar surface area (TPSA) is 80.5 Å². The van der Waals surface area contributed by atoms with Gasteiger partial charge in [0.05, 0.1) is 29.2 Å². The summed E-state index contributed by atoms with van der Waals surface area (Å²) in [5.74, 6) is 0.446. The first kappa shape index (κ1) is 11.2. The van der Waals surface area contributed by atoms with E-state index in [1.165, 1.54) is 0 Å².